The van der Waals surface area contributed by atoms with Gasteiger partial charge in [-0.2, -0.15) is 8.78 Å². The molecule has 1 fully saturated rings. The smallest absolute Gasteiger partial charge is 0.381 e. The largest absolute Gasteiger partial charge is 0.461 e. The number of hydrogen-bond acceptors (Lipinski definition) is 4. The third-order valence-electron chi connectivity index (χ3n) is 3.49. The summed E-state index contributed by atoms with van der Waals surface area (Å²) in [5.41, 5.74) is -2.99. The van der Waals surface area contributed by atoms with Crippen LogP contribution in [0.25, 0.3) is 0 Å². The van der Waals surface area contributed by atoms with Crippen molar-refractivity contribution in [3.8, 4) is 0 Å². The second-order valence-corrected chi connectivity index (χ2v) is 5.32. The normalized spacial score (nSPS) is 27.6. The maximum atomic E-state index is 13.7. The Hall–Kier alpha value is -1.20. The van der Waals surface area contributed by atoms with Crippen molar-refractivity contribution in [1.82, 2.24) is 0 Å². The van der Waals surface area contributed by atoms with E-state index in [1.807, 2.05) is 0 Å². The molecule has 0 aromatic rings. The Labute approximate surface area is 105 Å². The number of alkyl halides is 2. The summed E-state index contributed by atoms with van der Waals surface area (Å²) >= 11 is 0. The van der Waals surface area contributed by atoms with Gasteiger partial charge in [-0.1, -0.05) is 6.92 Å². The van der Waals surface area contributed by atoms with Crippen LogP contribution in [0.1, 0.15) is 40.5 Å². The molecule has 1 atom stereocenters. The van der Waals surface area contributed by atoms with E-state index in [1.54, 1.807) is 20.8 Å². The first-order valence-electron chi connectivity index (χ1n) is 5.85. The fourth-order valence-electron chi connectivity index (χ4n) is 1.40. The Morgan fingerprint density at radius 1 is 1.50 bits per heavy atom. The third-order valence-corrected chi connectivity index (χ3v) is 3.49. The van der Waals surface area contributed by atoms with Crippen LogP contribution in [0.4, 0.5) is 8.78 Å². The molecule has 1 rings (SSSR count). The summed E-state index contributed by atoms with van der Waals surface area (Å²) < 4.78 is 36.7. The molecule has 0 aliphatic carbocycles. The van der Waals surface area contributed by atoms with Crippen molar-refractivity contribution in [2.24, 2.45) is 5.41 Å². The molecule has 6 heteroatoms. The van der Waals surface area contributed by atoms with Crippen molar-refractivity contribution >= 4 is 11.9 Å². The van der Waals surface area contributed by atoms with Gasteiger partial charge >= 0.3 is 17.9 Å². The fraction of sp³-hybridized carbons (Fsp3) is 0.833. The molecule has 1 aliphatic heterocycles. The highest BCUT2D eigenvalue weighted by molar-refractivity contribution is 5.82. The van der Waals surface area contributed by atoms with Crippen LogP contribution < -0.4 is 0 Å². The zero-order chi connectivity index (χ0) is 14.2. The van der Waals surface area contributed by atoms with Crippen molar-refractivity contribution in [3.63, 3.8) is 0 Å². The summed E-state index contributed by atoms with van der Waals surface area (Å²) in [7, 11) is 0. The Balaban J connectivity index is 2.94. The Kier molecular flexibility index (Phi) is 3.70. The molecular weight excluding hydrogens is 246 g/mol. The van der Waals surface area contributed by atoms with E-state index in [9.17, 15) is 18.4 Å². The van der Waals surface area contributed by atoms with Crippen molar-refractivity contribution in [3.05, 3.63) is 0 Å². The first-order chi connectivity index (χ1) is 8.07. The highest BCUT2D eigenvalue weighted by Crippen LogP contribution is 2.40. The predicted molar refractivity (Wildman–Crippen MR) is 59.1 cm³/mol. The van der Waals surface area contributed by atoms with Gasteiger partial charge in [0.25, 0.3) is 0 Å². The molecule has 0 saturated carbocycles. The molecule has 1 heterocycles. The molecule has 0 amide bonds. The number of carbonyl (C=O) groups excluding carboxylic acids is 2. The van der Waals surface area contributed by atoms with Gasteiger partial charge in [0.1, 0.15) is 0 Å². The number of carbonyl (C=O) groups is 2. The fourth-order valence-corrected chi connectivity index (χ4v) is 1.40. The van der Waals surface area contributed by atoms with Gasteiger partial charge in [-0.15, -0.1) is 0 Å². The average molecular weight is 264 g/mol. The summed E-state index contributed by atoms with van der Waals surface area (Å²) in [4.78, 5) is 22.9. The molecule has 0 aromatic carbocycles. The van der Waals surface area contributed by atoms with Crippen LogP contribution in [0, 0.1) is 5.41 Å². The number of hydrogen-bond donors (Lipinski definition) is 0. The van der Waals surface area contributed by atoms with Gasteiger partial charge in [0.15, 0.2) is 5.60 Å². The molecule has 0 spiro atoms. The Morgan fingerprint density at radius 2 is 2.06 bits per heavy atom. The topological polar surface area (TPSA) is 52.6 Å². The van der Waals surface area contributed by atoms with E-state index in [2.05, 4.69) is 4.74 Å². The van der Waals surface area contributed by atoms with E-state index >= 15 is 0 Å². The zero-order valence-corrected chi connectivity index (χ0v) is 11.0. The second-order valence-electron chi connectivity index (χ2n) is 5.32. The van der Waals surface area contributed by atoms with Gasteiger partial charge < -0.3 is 9.47 Å². The molecule has 0 radical (unpaired) electrons. The average Bonchev–Trinajstić information content (AvgIpc) is 2.26. The minimum Gasteiger partial charge on any atom is -0.461 e. The highest BCUT2D eigenvalue weighted by atomic mass is 19.3. The lowest BCUT2D eigenvalue weighted by atomic mass is 9.88. The van der Waals surface area contributed by atoms with Crippen molar-refractivity contribution in [2.75, 3.05) is 6.61 Å². The van der Waals surface area contributed by atoms with Crippen LogP contribution in [0.15, 0.2) is 0 Å². The molecule has 0 N–H and O–H groups in total. The Bertz CT molecular complexity index is 365. The van der Waals surface area contributed by atoms with Crippen LogP contribution in [0.5, 0.6) is 0 Å². The van der Waals surface area contributed by atoms with E-state index < -0.39 is 28.9 Å². The molecule has 1 aliphatic rings. The van der Waals surface area contributed by atoms with Gasteiger partial charge in [0.05, 0.1) is 12.0 Å². The summed E-state index contributed by atoms with van der Waals surface area (Å²) in [6.07, 6.45) is 0.245. The predicted octanol–water partition coefficient (Wildman–Crippen LogP) is 2.31. The van der Waals surface area contributed by atoms with Crippen molar-refractivity contribution in [2.45, 2.75) is 52.1 Å². The molecular formula is C12H18F2O4. The zero-order valence-electron chi connectivity index (χ0n) is 11.0. The van der Waals surface area contributed by atoms with Gasteiger partial charge in [-0.05, 0) is 27.2 Å². The summed E-state index contributed by atoms with van der Waals surface area (Å²) in [6, 6.07) is 0. The lowest BCUT2D eigenvalue weighted by Gasteiger charge is -2.40. The molecule has 18 heavy (non-hydrogen) atoms. The standard InChI is InChI=1S/C12H18F2O4/c1-5-10(2,3)8(15)18-11(4)6-7-17-9(16)12(11,13)14/h5-7H2,1-4H3. The lowest BCUT2D eigenvalue weighted by Crippen LogP contribution is -2.59. The minimum absolute atomic E-state index is 0.176. The van der Waals surface area contributed by atoms with E-state index in [0.717, 1.165) is 6.92 Å². The molecule has 1 unspecified atom stereocenters. The minimum atomic E-state index is -3.81. The number of ether oxygens (including phenoxy) is 2. The number of halogens is 2. The molecule has 0 bridgehead atoms. The van der Waals surface area contributed by atoms with Gasteiger partial charge in [0, 0.05) is 6.42 Å². The highest BCUT2D eigenvalue weighted by Gasteiger charge is 2.63. The van der Waals surface area contributed by atoms with Crippen LogP contribution in [0.2, 0.25) is 0 Å². The van der Waals surface area contributed by atoms with Crippen molar-refractivity contribution < 1.29 is 27.8 Å². The lowest BCUT2D eigenvalue weighted by molar-refractivity contribution is -0.244. The molecule has 1 saturated heterocycles. The number of esters is 2. The van der Waals surface area contributed by atoms with E-state index in [0.29, 0.717) is 6.42 Å². The van der Waals surface area contributed by atoms with E-state index in [-0.39, 0.29) is 13.0 Å². The van der Waals surface area contributed by atoms with Crippen LogP contribution in [0.3, 0.4) is 0 Å². The van der Waals surface area contributed by atoms with Gasteiger partial charge in [-0.3, -0.25) is 4.79 Å². The third kappa shape index (κ3) is 2.33. The molecule has 4 nitrogen and oxygen atoms in total. The maximum absolute atomic E-state index is 13.7. The quantitative estimate of drug-likeness (QED) is 0.734. The summed E-state index contributed by atoms with van der Waals surface area (Å²) in [5.74, 6) is -6.19. The number of rotatable bonds is 3. The van der Waals surface area contributed by atoms with Crippen LogP contribution in [-0.4, -0.2) is 30.1 Å². The SMILES string of the molecule is CCC(C)(C)C(=O)OC1(C)CCOC(=O)C1(F)F. The Morgan fingerprint density at radius 3 is 2.56 bits per heavy atom. The van der Waals surface area contributed by atoms with Gasteiger partial charge in [-0.25, -0.2) is 4.79 Å². The van der Waals surface area contributed by atoms with E-state index in [4.69, 9.17) is 4.74 Å². The van der Waals surface area contributed by atoms with Crippen molar-refractivity contribution in [1.29, 1.82) is 0 Å². The number of cyclic esters (lactones) is 1. The van der Waals surface area contributed by atoms with Gasteiger partial charge in [0.2, 0.25) is 0 Å². The first-order valence-corrected chi connectivity index (χ1v) is 5.85. The van der Waals surface area contributed by atoms with Crippen LogP contribution in [-0.2, 0) is 19.1 Å². The second kappa shape index (κ2) is 4.48. The summed E-state index contributed by atoms with van der Waals surface area (Å²) in [5, 5.41) is 0. The van der Waals surface area contributed by atoms with E-state index in [1.165, 1.54) is 0 Å². The molecule has 0 aromatic heterocycles. The maximum Gasteiger partial charge on any atom is 0.381 e. The molecule has 104 valence electrons. The monoisotopic (exact) mass is 264 g/mol. The van der Waals surface area contributed by atoms with Crippen LogP contribution >= 0.6 is 0 Å². The first kappa shape index (κ1) is 14.9. The summed E-state index contributed by atoms with van der Waals surface area (Å²) in [6.45, 7) is 5.87.